The fourth-order valence-corrected chi connectivity index (χ4v) is 13.2. The number of anilines is 2. The summed E-state index contributed by atoms with van der Waals surface area (Å²) in [4.78, 5) is 2.52. The van der Waals surface area contributed by atoms with Crippen LogP contribution in [0.5, 0.6) is 0 Å². The Bertz CT molecular complexity index is 5210. The summed E-state index contributed by atoms with van der Waals surface area (Å²) >= 11 is 0. The van der Waals surface area contributed by atoms with E-state index in [1.807, 2.05) is 69.8 Å². The second-order valence-electron chi connectivity index (χ2n) is 18.7. The summed E-state index contributed by atoms with van der Waals surface area (Å²) in [5, 5.41) is 7.60. The number of hydrogen-bond acceptors (Lipinski definition) is 1. The highest BCUT2D eigenvalue weighted by Crippen LogP contribution is 2.66. The molecule has 3 aliphatic rings. The Hall–Kier alpha value is -9.12. The molecular formula is C66H40N4. The largest absolute Gasteiger partial charge is 0.332 e. The summed E-state index contributed by atoms with van der Waals surface area (Å²) in [5.74, 6) is -0.187. The number of hydrogen-bond donors (Lipinski definition) is 0. The number of fused-ring (bicyclic) bond motifs is 20. The number of para-hydroxylation sites is 5. The van der Waals surface area contributed by atoms with Crippen LogP contribution in [0, 0.1) is 0 Å². The monoisotopic (exact) mass is 898 g/mol. The highest BCUT2D eigenvalue weighted by atomic mass is 15.2. The molecule has 0 fully saturated rings. The van der Waals surface area contributed by atoms with Crippen molar-refractivity contribution < 1.29 is 13.7 Å². The van der Waals surface area contributed by atoms with E-state index < -0.39 is 36.3 Å². The molecule has 6 heterocycles. The molecule has 324 valence electrons. The molecule has 14 aromatic rings. The number of aromatic nitrogens is 3. The Morgan fingerprint density at radius 1 is 0.414 bits per heavy atom. The summed E-state index contributed by atoms with van der Waals surface area (Å²) in [7, 11) is 0. The zero-order valence-electron chi connectivity index (χ0n) is 47.1. The number of benzene rings is 10. The fraction of sp³-hybridized carbons (Fsp3) is 0.0303. The molecule has 0 saturated carbocycles. The van der Waals surface area contributed by atoms with Gasteiger partial charge in [-0.15, -0.1) is 0 Å². The lowest BCUT2D eigenvalue weighted by Crippen LogP contribution is -2.26. The molecule has 0 spiro atoms. The molecule has 1 aliphatic carbocycles. The number of allylic oxidation sites excluding steroid dienone is 2. The van der Waals surface area contributed by atoms with Crippen LogP contribution in [0.15, 0.2) is 230 Å². The Kier molecular flexibility index (Phi) is 5.50. The van der Waals surface area contributed by atoms with Crippen LogP contribution in [0.4, 0.5) is 11.4 Å². The van der Waals surface area contributed by atoms with Crippen LogP contribution in [0.2, 0.25) is 0 Å². The van der Waals surface area contributed by atoms with Crippen molar-refractivity contribution in [1.29, 1.82) is 0 Å². The number of nitrogens with zero attached hydrogens (tertiary/aromatic N) is 4. The highest BCUT2D eigenvalue weighted by Gasteiger charge is 2.51. The first kappa shape index (κ1) is 28.9. The van der Waals surface area contributed by atoms with Crippen LogP contribution in [-0.2, 0) is 0 Å². The van der Waals surface area contributed by atoms with E-state index >= 15 is 0 Å². The van der Waals surface area contributed by atoms with E-state index in [1.165, 1.54) is 0 Å². The lowest BCUT2D eigenvalue weighted by atomic mass is 9.79. The first-order valence-electron chi connectivity index (χ1n) is 28.7. The summed E-state index contributed by atoms with van der Waals surface area (Å²) in [5.41, 5.74) is 15.6. The third-order valence-electron chi connectivity index (χ3n) is 15.6. The molecule has 2 atom stereocenters. The molecule has 4 aromatic heterocycles. The van der Waals surface area contributed by atoms with Crippen LogP contribution >= 0.6 is 0 Å². The van der Waals surface area contributed by atoms with Gasteiger partial charge in [-0.05, 0) is 70.7 Å². The summed E-state index contributed by atoms with van der Waals surface area (Å²) in [6, 6.07) is 48.4. The molecule has 0 N–H and O–H groups in total. The van der Waals surface area contributed by atoms with Gasteiger partial charge in [-0.1, -0.05) is 182 Å². The first-order valence-corrected chi connectivity index (χ1v) is 23.7. The summed E-state index contributed by atoms with van der Waals surface area (Å²) in [6.45, 7) is 0. The van der Waals surface area contributed by atoms with Gasteiger partial charge in [0.25, 0.3) is 0 Å². The van der Waals surface area contributed by atoms with E-state index in [0.717, 1.165) is 132 Å². The second-order valence-corrected chi connectivity index (χ2v) is 18.7. The van der Waals surface area contributed by atoms with Crippen molar-refractivity contribution in [3.8, 4) is 33.6 Å². The predicted molar refractivity (Wildman–Crippen MR) is 293 cm³/mol. The lowest BCUT2D eigenvalue weighted by molar-refractivity contribution is 0.782. The summed E-state index contributed by atoms with van der Waals surface area (Å²) in [6.07, 6.45) is 6.68. The summed E-state index contributed by atoms with van der Waals surface area (Å²) < 4.78 is 96.0. The molecule has 70 heavy (non-hydrogen) atoms. The van der Waals surface area contributed by atoms with Gasteiger partial charge in [0.2, 0.25) is 0 Å². The van der Waals surface area contributed by atoms with Crippen LogP contribution < -0.4 is 4.90 Å². The van der Waals surface area contributed by atoms with Crippen molar-refractivity contribution >= 4 is 98.7 Å². The minimum absolute atomic E-state index is 0.0955. The van der Waals surface area contributed by atoms with Crippen molar-refractivity contribution in [3.63, 3.8) is 0 Å². The third kappa shape index (κ3) is 4.44. The average molecular weight is 899 g/mol. The molecule has 0 bridgehead atoms. The molecule has 0 amide bonds. The van der Waals surface area contributed by atoms with Gasteiger partial charge in [-0.3, -0.25) is 0 Å². The first-order chi connectivity index (χ1) is 39.0. The Balaban J connectivity index is 1.06. The van der Waals surface area contributed by atoms with Gasteiger partial charge in [-0.25, -0.2) is 0 Å². The molecule has 2 aliphatic heterocycles. The average Bonchev–Trinajstić information content (AvgIpc) is 3.73. The quantitative estimate of drug-likeness (QED) is 0.172. The van der Waals surface area contributed by atoms with Crippen LogP contribution in [0.1, 0.15) is 30.8 Å². The van der Waals surface area contributed by atoms with Crippen LogP contribution in [0.3, 0.4) is 0 Å². The van der Waals surface area contributed by atoms with Gasteiger partial charge in [0.15, 0.2) is 0 Å². The Labute approximate surface area is 416 Å². The molecule has 4 nitrogen and oxygen atoms in total. The van der Waals surface area contributed by atoms with Gasteiger partial charge in [0.05, 0.1) is 69.7 Å². The lowest BCUT2D eigenvalue weighted by Gasteiger charge is -2.26. The van der Waals surface area contributed by atoms with Crippen molar-refractivity contribution in [2.75, 3.05) is 4.90 Å². The van der Waals surface area contributed by atoms with E-state index in [9.17, 15) is 5.48 Å². The zero-order chi connectivity index (χ0) is 54.0. The van der Waals surface area contributed by atoms with Crippen molar-refractivity contribution in [2.24, 2.45) is 0 Å². The molecule has 0 radical (unpaired) electrons. The van der Waals surface area contributed by atoms with Crippen LogP contribution in [-0.4, -0.2) is 19.6 Å². The van der Waals surface area contributed by atoms with Gasteiger partial charge in [0.1, 0.15) is 0 Å². The van der Waals surface area contributed by atoms with E-state index in [1.54, 1.807) is 0 Å². The normalized spacial score (nSPS) is 18.0. The third-order valence-corrected chi connectivity index (χ3v) is 15.6. The van der Waals surface area contributed by atoms with Gasteiger partial charge >= 0.3 is 0 Å². The second kappa shape index (κ2) is 13.3. The zero-order valence-corrected chi connectivity index (χ0v) is 37.1. The Morgan fingerprint density at radius 2 is 0.986 bits per heavy atom. The molecule has 10 aromatic carbocycles. The SMILES string of the molecule is [2H]c1c([2H])c([2H])c(-n2c3ccccc3c3ccc4c(c32)C2=CC=CC3c5c(c(-c6ccccc6)c6c7cccc8c9c%10c(ccc9n(c6c5-c5ccccc5)c78)c5ccccc5n%10-c5c([2H])c([2H])c([2H])c([2H])c5[2H])N4C23)c([2H])c1[2H]. The van der Waals surface area contributed by atoms with E-state index in [2.05, 4.69) is 119 Å². The van der Waals surface area contributed by atoms with Gasteiger partial charge < -0.3 is 18.4 Å². The van der Waals surface area contributed by atoms with E-state index in [0.29, 0.717) is 0 Å². The maximum absolute atomic E-state index is 9.35. The maximum atomic E-state index is 9.35. The predicted octanol–water partition coefficient (Wildman–Crippen LogP) is 16.9. The van der Waals surface area contributed by atoms with E-state index in [-0.39, 0.29) is 47.5 Å². The smallest absolute Gasteiger partial charge is 0.0703 e. The van der Waals surface area contributed by atoms with Gasteiger partial charge in [0, 0.05) is 77.1 Å². The van der Waals surface area contributed by atoms with Crippen molar-refractivity contribution in [1.82, 2.24) is 13.5 Å². The highest BCUT2D eigenvalue weighted by molar-refractivity contribution is 6.35. The topological polar surface area (TPSA) is 17.5 Å². The standard InChI is InChI=1S/C66H40N4/c1-5-19-39(20-6-1)55-59-49-31-17-29-47-58-54(38-36-46-44-28-14-16-34-52(44)68(64(46)58)42-25-11-4-12-26-42)70(61(47)49)66(59)56(40-21-7-2-8-22-40)60-50-32-18-30-48-57-53(69(62(48)50)65(55)60)37-35-45-43-27-13-15-33-51(43)67(63(45)57)41-23-9-3-10-24-41/h1-38,49,61H/i3D,4D,9D,10D,11D,12D,23D,24D,25D,26D. The van der Waals surface area contributed by atoms with E-state index in [4.69, 9.17) is 8.22 Å². The van der Waals surface area contributed by atoms with Crippen LogP contribution in [0.25, 0.3) is 121 Å². The Morgan fingerprint density at radius 3 is 1.67 bits per heavy atom. The minimum atomic E-state index is -0.443. The molecule has 0 saturated heterocycles. The molecule has 2 unspecified atom stereocenters. The molecule has 4 heteroatoms. The minimum Gasteiger partial charge on any atom is -0.332 e. The van der Waals surface area contributed by atoms with Crippen molar-refractivity contribution in [2.45, 2.75) is 12.0 Å². The van der Waals surface area contributed by atoms with Gasteiger partial charge in [-0.2, -0.15) is 0 Å². The molecular weight excluding hydrogens is 849 g/mol. The maximum Gasteiger partial charge on any atom is 0.0703 e. The molecule has 17 rings (SSSR count). The van der Waals surface area contributed by atoms with Crippen molar-refractivity contribution in [3.05, 3.63) is 241 Å². The number of rotatable bonds is 4. The fourth-order valence-electron chi connectivity index (χ4n) is 13.2.